The Morgan fingerprint density at radius 2 is 2.12 bits per heavy atom. The molecule has 0 aliphatic rings. The number of pyridine rings is 1. The summed E-state index contributed by atoms with van der Waals surface area (Å²) in [6.07, 6.45) is 4.28. The van der Waals surface area contributed by atoms with E-state index in [4.69, 9.17) is 23.2 Å². The van der Waals surface area contributed by atoms with E-state index in [0.717, 1.165) is 0 Å². The zero-order valence-electron chi connectivity index (χ0n) is 7.78. The summed E-state index contributed by atoms with van der Waals surface area (Å²) < 4.78 is 0. The third-order valence-corrected chi connectivity index (χ3v) is 3.53. The Kier molecular flexibility index (Phi) is 3.48. The van der Waals surface area contributed by atoms with Gasteiger partial charge in [-0.05, 0) is 6.07 Å². The SMILES string of the molecule is O=c1cncc(Sc2ccnc(Cl)c2Cl)[nH]1. The summed E-state index contributed by atoms with van der Waals surface area (Å²) in [5, 5.41) is 1.19. The highest BCUT2D eigenvalue weighted by molar-refractivity contribution is 7.99. The predicted octanol–water partition coefficient (Wildman–Crippen LogP) is 2.62. The first-order valence-electron chi connectivity index (χ1n) is 4.19. The molecule has 0 atom stereocenters. The third-order valence-electron chi connectivity index (χ3n) is 1.66. The molecule has 16 heavy (non-hydrogen) atoms. The molecule has 2 heterocycles. The lowest BCUT2D eigenvalue weighted by Crippen LogP contribution is -2.04. The first-order chi connectivity index (χ1) is 7.66. The molecule has 0 saturated heterocycles. The molecule has 82 valence electrons. The fourth-order valence-electron chi connectivity index (χ4n) is 1.01. The van der Waals surface area contributed by atoms with Crippen molar-refractivity contribution in [1.29, 1.82) is 0 Å². The zero-order valence-corrected chi connectivity index (χ0v) is 10.1. The minimum absolute atomic E-state index is 0.234. The van der Waals surface area contributed by atoms with Gasteiger partial charge in [0.1, 0.15) is 5.15 Å². The van der Waals surface area contributed by atoms with Crippen molar-refractivity contribution in [1.82, 2.24) is 15.0 Å². The molecule has 0 aliphatic heterocycles. The van der Waals surface area contributed by atoms with Crippen LogP contribution in [0.5, 0.6) is 0 Å². The molecule has 4 nitrogen and oxygen atoms in total. The van der Waals surface area contributed by atoms with E-state index in [1.165, 1.54) is 24.2 Å². The first kappa shape index (κ1) is 11.4. The number of aromatic nitrogens is 3. The van der Waals surface area contributed by atoms with Crippen LogP contribution in [-0.4, -0.2) is 15.0 Å². The molecule has 0 spiro atoms. The Morgan fingerprint density at radius 3 is 2.88 bits per heavy atom. The highest BCUT2D eigenvalue weighted by atomic mass is 35.5. The summed E-state index contributed by atoms with van der Waals surface area (Å²) in [7, 11) is 0. The van der Waals surface area contributed by atoms with Crippen LogP contribution in [0, 0.1) is 0 Å². The number of halogens is 2. The van der Waals surface area contributed by atoms with Gasteiger partial charge in [-0.2, -0.15) is 0 Å². The van der Waals surface area contributed by atoms with Crippen LogP contribution in [0.4, 0.5) is 0 Å². The Balaban J connectivity index is 2.34. The number of aromatic amines is 1. The van der Waals surface area contributed by atoms with E-state index in [1.54, 1.807) is 12.3 Å². The maximum atomic E-state index is 11.0. The van der Waals surface area contributed by atoms with Gasteiger partial charge in [0.05, 0.1) is 22.4 Å². The van der Waals surface area contributed by atoms with Gasteiger partial charge < -0.3 is 4.98 Å². The normalized spacial score (nSPS) is 10.4. The van der Waals surface area contributed by atoms with Crippen molar-refractivity contribution in [3.63, 3.8) is 0 Å². The van der Waals surface area contributed by atoms with E-state index in [1.807, 2.05) is 0 Å². The van der Waals surface area contributed by atoms with Gasteiger partial charge in [-0.3, -0.25) is 9.78 Å². The second-order valence-electron chi connectivity index (χ2n) is 2.78. The van der Waals surface area contributed by atoms with Gasteiger partial charge in [0.2, 0.25) is 0 Å². The van der Waals surface area contributed by atoms with Crippen LogP contribution >= 0.6 is 35.0 Å². The van der Waals surface area contributed by atoms with Crippen LogP contribution in [0.25, 0.3) is 0 Å². The molecule has 0 amide bonds. The molecule has 0 unspecified atom stereocenters. The standard InChI is InChI=1S/C9H5Cl2N3OS/c10-8-5(1-2-13-9(8)11)16-7-4-12-3-6(15)14-7/h1-4H,(H,14,15). The van der Waals surface area contributed by atoms with Crippen molar-refractivity contribution in [3.8, 4) is 0 Å². The Hall–Kier alpha value is -1.04. The van der Waals surface area contributed by atoms with Crippen LogP contribution in [0.1, 0.15) is 0 Å². The largest absolute Gasteiger partial charge is 0.314 e. The highest BCUT2D eigenvalue weighted by Gasteiger charge is 2.07. The van der Waals surface area contributed by atoms with Crippen molar-refractivity contribution in [2.45, 2.75) is 9.92 Å². The van der Waals surface area contributed by atoms with E-state index in [2.05, 4.69) is 15.0 Å². The molecule has 0 saturated carbocycles. The Morgan fingerprint density at radius 1 is 1.31 bits per heavy atom. The van der Waals surface area contributed by atoms with Crippen molar-refractivity contribution in [2.24, 2.45) is 0 Å². The van der Waals surface area contributed by atoms with E-state index in [0.29, 0.717) is 14.9 Å². The van der Waals surface area contributed by atoms with E-state index < -0.39 is 0 Å². The summed E-state index contributed by atoms with van der Waals surface area (Å²) in [5.41, 5.74) is -0.263. The molecule has 0 radical (unpaired) electrons. The molecule has 0 aliphatic carbocycles. The Bertz CT molecular complexity index is 573. The second-order valence-corrected chi connectivity index (χ2v) is 4.60. The first-order valence-corrected chi connectivity index (χ1v) is 5.76. The van der Waals surface area contributed by atoms with Crippen LogP contribution in [0.3, 0.4) is 0 Å². The van der Waals surface area contributed by atoms with Gasteiger partial charge in [-0.1, -0.05) is 35.0 Å². The molecule has 7 heteroatoms. The van der Waals surface area contributed by atoms with Gasteiger partial charge >= 0.3 is 0 Å². The number of hydrogen-bond donors (Lipinski definition) is 1. The van der Waals surface area contributed by atoms with Gasteiger partial charge in [-0.25, -0.2) is 4.98 Å². The van der Waals surface area contributed by atoms with E-state index in [9.17, 15) is 4.79 Å². The third kappa shape index (κ3) is 2.55. The molecule has 0 fully saturated rings. The smallest absolute Gasteiger partial charge is 0.267 e. The summed E-state index contributed by atoms with van der Waals surface area (Å²) in [4.78, 5) is 22.0. The summed E-state index contributed by atoms with van der Waals surface area (Å²) in [6, 6.07) is 1.71. The Labute approximate surface area is 105 Å². The summed E-state index contributed by atoms with van der Waals surface area (Å²) in [6.45, 7) is 0. The molecular weight excluding hydrogens is 269 g/mol. The van der Waals surface area contributed by atoms with Gasteiger partial charge in [0.15, 0.2) is 0 Å². The number of nitrogens with zero attached hydrogens (tertiary/aromatic N) is 2. The van der Waals surface area contributed by atoms with Crippen LogP contribution in [0.15, 0.2) is 39.4 Å². The van der Waals surface area contributed by atoms with Crippen LogP contribution in [0.2, 0.25) is 10.2 Å². The fourth-order valence-corrected chi connectivity index (χ4v) is 2.27. The lowest BCUT2D eigenvalue weighted by atomic mass is 10.5. The average Bonchev–Trinajstić information content (AvgIpc) is 2.25. The molecule has 2 aromatic heterocycles. The second kappa shape index (κ2) is 4.86. The van der Waals surface area contributed by atoms with E-state index >= 15 is 0 Å². The number of H-pyrrole nitrogens is 1. The summed E-state index contributed by atoms with van der Waals surface area (Å²) in [5.74, 6) is 0. The molecule has 2 rings (SSSR count). The molecule has 1 N–H and O–H groups in total. The number of nitrogens with one attached hydrogen (secondary N) is 1. The lowest BCUT2D eigenvalue weighted by Gasteiger charge is -2.03. The maximum Gasteiger partial charge on any atom is 0.267 e. The molecule has 0 aromatic carbocycles. The van der Waals surface area contributed by atoms with Gasteiger partial charge in [0, 0.05) is 11.1 Å². The van der Waals surface area contributed by atoms with Gasteiger partial charge in [-0.15, -0.1) is 0 Å². The lowest BCUT2D eigenvalue weighted by molar-refractivity contribution is 1.01. The zero-order chi connectivity index (χ0) is 11.5. The molecule has 0 bridgehead atoms. The van der Waals surface area contributed by atoms with Crippen LogP contribution < -0.4 is 5.56 Å². The topological polar surface area (TPSA) is 58.6 Å². The van der Waals surface area contributed by atoms with Gasteiger partial charge in [0.25, 0.3) is 5.56 Å². The van der Waals surface area contributed by atoms with E-state index in [-0.39, 0.29) is 10.7 Å². The quantitative estimate of drug-likeness (QED) is 0.855. The number of rotatable bonds is 2. The molecular formula is C9H5Cl2N3OS. The van der Waals surface area contributed by atoms with Crippen molar-refractivity contribution in [2.75, 3.05) is 0 Å². The minimum Gasteiger partial charge on any atom is -0.314 e. The molecule has 2 aromatic rings. The number of hydrogen-bond acceptors (Lipinski definition) is 4. The van der Waals surface area contributed by atoms with Crippen molar-refractivity contribution in [3.05, 3.63) is 45.2 Å². The monoisotopic (exact) mass is 273 g/mol. The maximum absolute atomic E-state index is 11.0. The fraction of sp³-hybridized carbons (Fsp3) is 0. The summed E-state index contributed by atoms with van der Waals surface area (Å²) >= 11 is 13.0. The van der Waals surface area contributed by atoms with Crippen LogP contribution in [-0.2, 0) is 0 Å². The minimum atomic E-state index is -0.263. The highest BCUT2D eigenvalue weighted by Crippen LogP contribution is 2.34. The average molecular weight is 274 g/mol. The predicted molar refractivity (Wildman–Crippen MR) is 63.2 cm³/mol. The van der Waals surface area contributed by atoms with Crippen molar-refractivity contribution >= 4 is 35.0 Å². The van der Waals surface area contributed by atoms with Crippen molar-refractivity contribution < 1.29 is 0 Å².